The van der Waals surface area contributed by atoms with E-state index in [1.54, 1.807) is 19.1 Å². The Labute approximate surface area is 58.8 Å². The normalized spacial score (nSPS) is 27.4. The molecule has 5 heteroatoms. The van der Waals surface area contributed by atoms with E-state index in [9.17, 15) is 4.39 Å². The van der Waals surface area contributed by atoms with Crippen molar-refractivity contribution in [1.29, 1.82) is 0 Å². The maximum absolute atomic E-state index is 12.6. The van der Waals surface area contributed by atoms with Gasteiger partial charge < -0.3 is 4.74 Å². The van der Waals surface area contributed by atoms with Crippen LogP contribution in [-0.2, 0) is 4.74 Å². The van der Waals surface area contributed by atoms with Crippen molar-refractivity contribution in [2.45, 2.75) is 6.23 Å². The Bertz CT molecular complexity index is 161. The molecule has 4 nitrogen and oxygen atoms in total. The number of nitrogens with zero attached hydrogens (tertiary/aromatic N) is 3. The van der Waals surface area contributed by atoms with Crippen LogP contribution in [0.25, 0.3) is 0 Å². The zero-order chi connectivity index (χ0) is 7.72. The summed E-state index contributed by atoms with van der Waals surface area (Å²) in [5.74, 6) is -0.507. The van der Waals surface area contributed by atoms with Gasteiger partial charge in [-0.05, 0) is 0 Å². The van der Waals surface area contributed by atoms with E-state index in [2.05, 4.69) is 5.10 Å². The molecule has 58 valence electrons. The molecule has 0 aliphatic carbocycles. The summed E-state index contributed by atoms with van der Waals surface area (Å²) in [4.78, 5) is 0. The fraction of sp³-hybridized carbons (Fsp3) is 0.800. The second kappa shape index (κ2) is 2.51. The van der Waals surface area contributed by atoms with Crippen molar-refractivity contribution in [3.63, 3.8) is 0 Å². The van der Waals surface area contributed by atoms with Gasteiger partial charge in [0.25, 0.3) is 5.97 Å². The number of hydrazone groups is 1. The molecular weight excluding hydrogens is 137 g/mol. The van der Waals surface area contributed by atoms with E-state index in [1.807, 2.05) is 0 Å². The predicted molar refractivity (Wildman–Crippen MR) is 34.9 cm³/mol. The lowest BCUT2D eigenvalue weighted by Crippen LogP contribution is -2.38. The Kier molecular flexibility index (Phi) is 1.87. The first-order valence-electron chi connectivity index (χ1n) is 2.90. The third-order valence-corrected chi connectivity index (χ3v) is 1.46. The monoisotopic (exact) mass is 147 g/mol. The van der Waals surface area contributed by atoms with Gasteiger partial charge in [-0.25, -0.2) is 5.12 Å². The van der Waals surface area contributed by atoms with Gasteiger partial charge in [-0.15, -0.1) is 5.10 Å². The number of methoxy groups -OCH3 is 1. The molecule has 1 unspecified atom stereocenters. The first kappa shape index (κ1) is 7.43. The van der Waals surface area contributed by atoms with E-state index < -0.39 is 12.2 Å². The molecule has 10 heavy (non-hydrogen) atoms. The SMILES string of the molecule is COC1C(F)=NN(C)N1C. The summed E-state index contributed by atoms with van der Waals surface area (Å²) in [6.07, 6.45) is -0.648. The van der Waals surface area contributed by atoms with Crippen molar-refractivity contribution in [2.75, 3.05) is 21.2 Å². The van der Waals surface area contributed by atoms with Gasteiger partial charge in [-0.1, -0.05) is 0 Å². The molecule has 0 aromatic heterocycles. The summed E-state index contributed by atoms with van der Waals surface area (Å²) in [6, 6.07) is 0. The van der Waals surface area contributed by atoms with Crippen molar-refractivity contribution in [2.24, 2.45) is 5.10 Å². The summed E-state index contributed by atoms with van der Waals surface area (Å²) in [7, 11) is 4.79. The minimum atomic E-state index is -0.648. The molecule has 0 saturated carbocycles. The first-order chi connectivity index (χ1) is 4.66. The summed E-state index contributed by atoms with van der Waals surface area (Å²) in [6.45, 7) is 0. The molecule has 0 aromatic carbocycles. The van der Waals surface area contributed by atoms with Crippen molar-refractivity contribution in [3.8, 4) is 0 Å². The third-order valence-electron chi connectivity index (χ3n) is 1.46. The number of hydrogen-bond donors (Lipinski definition) is 0. The highest BCUT2D eigenvalue weighted by atomic mass is 19.1. The average molecular weight is 147 g/mol. The topological polar surface area (TPSA) is 28.1 Å². The standard InChI is InChI=1S/C5H10FN3O/c1-8-5(10-3)4(6)7-9(8)2/h5H,1-3H3. The number of ether oxygens (including phenoxy) is 1. The van der Waals surface area contributed by atoms with Gasteiger partial charge in [-0.3, -0.25) is 0 Å². The zero-order valence-electron chi connectivity index (χ0n) is 6.21. The molecule has 1 aliphatic rings. The van der Waals surface area contributed by atoms with E-state index in [0.717, 1.165) is 0 Å². The second-order valence-electron chi connectivity index (χ2n) is 2.07. The van der Waals surface area contributed by atoms with Crippen LogP contribution in [0.3, 0.4) is 0 Å². The average Bonchev–Trinajstić information content (AvgIpc) is 2.09. The maximum Gasteiger partial charge on any atom is 0.254 e. The van der Waals surface area contributed by atoms with E-state index in [4.69, 9.17) is 4.74 Å². The fourth-order valence-corrected chi connectivity index (χ4v) is 0.814. The molecule has 0 N–H and O–H groups in total. The van der Waals surface area contributed by atoms with E-state index in [0.29, 0.717) is 0 Å². The molecule has 0 bridgehead atoms. The third kappa shape index (κ3) is 0.975. The van der Waals surface area contributed by atoms with Gasteiger partial charge >= 0.3 is 0 Å². The van der Waals surface area contributed by atoms with Gasteiger partial charge in [-0.2, -0.15) is 9.40 Å². The summed E-state index contributed by atoms with van der Waals surface area (Å²) >= 11 is 0. The van der Waals surface area contributed by atoms with E-state index in [1.165, 1.54) is 12.2 Å². The zero-order valence-corrected chi connectivity index (χ0v) is 6.21. The number of rotatable bonds is 1. The van der Waals surface area contributed by atoms with Crippen LogP contribution < -0.4 is 0 Å². The molecule has 0 radical (unpaired) electrons. The van der Waals surface area contributed by atoms with Crippen LogP contribution in [0.5, 0.6) is 0 Å². The summed E-state index contributed by atoms with van der Waals surface area (Å²) in [5.41, 5.74) is 0. The van der Waals surface area contributed by atoms with Gasteiger partial charge in [0.2, 0.25) is 0 Å². The van der Waals surface area contributed by atoms with Crippen LogP contribution in [0.15, 0.2) is 5.10 Å². The summed E-state index contributed by atoms with van der Waals surface area (Å²) < 4.78 is 17.4. The largest absolute Gasteiger partial charge is 0.356 e. The predicted octanol–water partition coefficient (Wildman–Crippen LogP) is 0.0341. The Morgan fingerprint density at radius 3 is 2.40 bits per heavy atom. The molecule has 1 heterocycles. The molecule has 0 aromatic rings. The maximum atomic E-state index is 12.6. The minimum absolute atomic E-state index is 0.507. The van der Waals surface area contributed by atoms with Crippen LogP contribution in [0, 0.1) is 0 Å². The molecule has 1 atom stereocenters. The smallest absolute Gasteiger partial charge is 0.254 e. The summed E-state index contributed by atoms with van der Waals surface area (Å²) in [5, 5.41) is 6.45. The fourth-order valence-electron chi connectivity index (χ4n) is 0.814. The van der Waals surface area contributed by atoms with Crippen LogP contribution in [0.1, 0.15) is 0 Å². The van der Waals surface area contributed by atoms with Crippen LogP contribution >= 0.6 is 0 Å². The molecule has 0 amide bonds. The van der Waals surface area contributed by atoms with Gasteiger partial charge in [0.05, 0.1) is 0 Å². The molecular formula is C5H10FN3O. The number of hydrazine groups is 1. The number of halogens is 1. The van der Waals surface area contributed by atoms with Crippen LogP contribution in [0.2, 0.25) is 0 Å². The van der Waals surface area contributed by atoms with Crippen molar-refractivity contribution in [1.82, 2.24) is 10.1 Å². The lowest BCUT2D eigenvalue weighted by molar-refractivity contribution is -0.0701. The van der Waals surface area contributed by atoms with Crippen LogP contribution in [0.4, 0.5) is 4.39 Å². The quantitative estimate of drug-likeness (QED) is 0.524. The first-order valence-corrected chi connectivity index (χ1v) is 2.90. The Morgan fingerprint density at radius 1 is 1.60 bits per heavy atom. The Hall–Kier alpha value is -0.680. The lowest BCUT2D eigenvalue weighted by Gasteiger charge is -2.21. The highest BCUT2D eigenvalue weighted by Gasteiger charge is 2.30. The van der Waals surface area contributed by atoms with Gasteiger partial charge in [0, 0.05) is 21.2 Å². The molecule has 0 fully saturated rings. The molecule has 1 rings (SSSR count). The van der Waals surface area contributed by atoms with E-state index in [-0.39, 0.29) is 0 Å². The minimum Gasteiger partial charge on any atom is -0.356 e. The lowest BCUT2D eigenvalue weighted by atomic mass is 10.6. The molecule has 0 spiro atoms. The van der Waals surface area contributed by atoms with Gasteiger partial charge in [0.1, 0.15) is 0 Å². The Morgan fingerprint density at radius 2 is 2.20 bits per heavy atom. The van der Waals surface area contributed by atoms with E-state index >= 15 is 0 Å². The highest BCUT2D eigenvalue weighted by molar-refractivity contribution is 5.79. The molecule has 0 saturated heterocycles. The molecule has 1 aliphatic heterocycles. The number of hydrogen-bond acceptors (Lipinski definition) is 4. The Balaban J connectivity index is 2.68. The van der Waals surface area contributed by atoms with Gasteiger partial charge in [0.15, 0.2) is 6.23 Å². The van der Waals surface area contributed by atoms with Crippen molar-refractivity contribution < 1.29 is 9.13 Å². The van der Waals surface area contributed by atoms with Crippen molar-refractivity contribution in [3.05, 3.63) is 0 Å². The van der Waals surface area contributed by atoms with Crippen molar-refractivity contribution >= 4 is 5.97 Å². The highest BCUT2D eigenvalue weighted by Crippen LogP contribution is 2.12. The van der Waals surface area contributed by atoms with Crippen LogP contribution in [-0.4, -0.2) is 43.5 Å². The second-order valence-corrected chi connectivity index (χ2v) is 2.07.